The van der Waals surface area contributed by atoms with E-state index >= 15 is 0 Å². The van der Waals surface area contributed by atoms with Crippen LogP contribution >= 0.6 is 0 Å². The second-order valence-electron chi connectivity index (χ2n) is 6.86. The number of anilines is 1. The van der Waals surface area contributed by atoms with Crippen molar-refractivity contribution in [1.29, 1.82) is 0 Å². The van der Waals surface area contributed by atoms with Crippen LogP contribution in [0.5, 0.6) is 0 Å². The second kappa shape index (κ2) is 5.56. The molecule has 3 heteroatoms. The van der Waals surface area contributed by atoms with Gasteiger partial charge in [-0.05, 0) is 43.9 Å². The summed E-state index contributed by atoms with van der Waals surface area (Å²) in [7, 11) is 0. The zero-order valence-corrected chi connectivity index (χ0v) is 12.3. The smallest absolute Gasteiger partial charge is 0.203 e. The van der Waals surface area contributed by atoms with Crippen molar-refractivity contribution in [3.63, 3.8) is 0 Å². The van der Waals surface area contributed by atoms with Crippen LogP contribution in [-0.4, -0.2) is 15.6 Å². The standard InChI is InChI=1S/C16H27N3/c1-12-9-13(2)11-14(10-12)18-16-17-7-8-19(16)15-5-3-4-6-15/h7-8,12-15H,3-6,9-11H2,1-2H3,(H,17,18). The average Bonchev–Trinajstić information content (AvgIpc) is 2.96. The molecule has 2 aliphatic rings. The minimum atomic E-state index is 0.612. The van der Waals surface area contributed by atoms with E-state index in [1.807, 2.05) is 6.20 Å². The summed E-state index contributed by atoms with van der Waals surface area (Å²) in [6, 6.07) is 1.30. The third-order valence-electron chi connectivity index (χ3n) is 4.90. The van der Waals surface area contributed by atoms with Gasteiger partial charge in [-0.15, -0.1) is 0 Å². The van der Waals surface area contributed by atoms with Gasteiger partial charge in [-0.25, -0.2) is 4.98 Å². The Bertz CT molecular complexity index is 396. The molecule has 1 heterocycles. The van der Waals surface area contributed by atoms with Gasteiger partial charge >= 0.3 is 0 Å². The summed E-state index contributed by atoms with van der Waals surface area (Å²) < 4.78 is 2.39. The molecule has 19 heavy (non-hydrogen) atoms. The minimum Gasteiger partial charge on any atom is -0.353 e. The third-order valence-corrected chi connectivity index (χ3v) is 4.90. The zero-order valence-electron chi connectivity index (χ0n) is 12.3. The maximum absolute atomic E-state index is 4.56. The SMILES string of the molecule is CC1CC(C)CC(Nc2nccn2C2CCCC2)C1. The fourth-order valence-electron chi connectivity index (χ4n) is 4.15. The number of rotatable bonds is 3. The van der Waals surface area contributed by atoms with Gasteiger partial charge in [-0.3, -0.25) is 0 Å². The number of hydrogen-bond donors (Lipinski definition) is 1. The summed E-state index contributed by atoms with van der Waals surface area (Å²) in [5.41, 5.74) is 0. The molecule has 0 radical (unpaired) electrons. The van der Waals surface area contributed by atoms with Crippen LogP contribution in [0.2, 0.25) is 0 Å². The minimum absolute atomic E-state index is 0.612. The molecule has 1 N–H and O–H groups in total. The summed E-state index contributed by atoms with van der Waals surface area (Å²) in [5.74, 6) is 2.80. The van der Waals surface area contributed by atoms with E-state index in [1.54, 1.807) is 0 Å². The maximum atomic E-state index is 4.56. The van der Waals surface area contributed by atoms with E-state index in [2.05, 4.69) is 34.9 Å². The Morgan fingerprint density at radius 2 is 1.79 bits per heavy atom. The molecule has 0 spiro atoms. The van der Waals surface area contributed by atoms with E-state index in [0.717, 1.165) is 17.8 Å². The fraction of sp³-hybridized carbons (Fsp3) is 0.812. The molecule has 2 fully saturated rings. The van der Waals surface area contributed by atoms with Gasteiger partial charge in [0.2, 0.25) is 5.95 Å². The lowest BCUT2D eigenvalue weighted by Crippen LogP contribution is -2.31. The molecule has 3 nitrogen and oxygen atoms in total. The van der Waals surface area contributed by atoms with Gasteiger partial charge in [-0.1, -0.05) is 26.7 Å². The highest BCUT2D eigenvalue weighted by Crippen LogP contribution is 2.33. The summed E-state index contributed by atoms with van der Waals surface area (Å²) in [5, 5.41) is 3.72. The van der Waals surface area contributed by atoms with Gasteiger partial charge in [0.25, 0.3) is 0 Å². The molecule has 0 aliphatic heterocycles. The Morgan fingerprint density at radius 1 is 1.11 bits per heavy atom. The van der Waals surface area contributed by atoms with Gasteiger partial charge in [0, 0.05) is 24.5 Å². The van der Waals surface area contributed by atoms with E-state index in [0.29, 0.717) is 12.1 Å². The Balaban J connectivity index is 1.67. The lowest BCUT2D eigenvalue weighted by molar-refractivity contribution is 0.279. The van der Waals surface area contributed by atoms with Crippen molar-refractivity contribution in [2.24, 2.45) is 11.8 Å². The van der Waals surface area contributed by atoms with Crippen LogP contribution in [0.1, 0.15) is 64.8 Å². The molecule has 106 valence electrons. The van der Waals surface area contributed by atoms with Crippen LogP contribution in [0.25, 0.3) is 0 Å². The van der Waals surface area contributed by atoms with Crippen molar-refractivity contribution in [1.82, 2.24) is 9.55 Å². The molecular formula is C16H27N3. The molecule has 0 bridgehead atoms. The van der Waals surface area contributed by atoms with Gasteiger partial charge in [0.05, 0.1) is 0 Å². The molecule has 2 saturated carbocycles. The van der Waals surface area contributed by atoms with Crippen LogP contribution in [-0.2, 0) is 0 Å². The molecule has 1 aromatic heterocycles. The first-order valence-corrected chi connectivity index (χ1v) is 8.01. The zero-order chi connectivity index (χ0) is 13.2. The molecule has 1 aromatic rings. The first-order chi connectivity index (χ1) is 9.22. The van der Waals surface area contributed by atoms with Gasteiger partial charge in [0.1, 0.15) is 0 Å². The molecule has 3 rings (SSSR count). The number of nitrogens with one attached hydrogen (secondary N) is 1. The van der Waals surface area contributed by atoms with Crippen LogP contribution in [0.4, 0.5) is 5.95 Å². The molecule has 0 aromatic carbocycles. The highest BCUT2D eigenvalue weighted by atomic mass is 15.2. The van der Waals surface area contributed by atoms with E-state index in [-0.39, 0.29) is 0 Å². The Hall–Kier alpha value is -0.990. The average molecular weight is 261 g/mol. The van der Waals surface area contributed by atoms with Crippen molar-refractivity contribution >= 4 is 5.95 Å². The third kappa shape index (κ3) is 2.96. The number of aromatic nitrogens is 2. The van der Waals surface area contributed by atoms with Crippen molar-refractivity contribution in [3.8, 4) is 0 Å². The van der Waals surface area contributed by atoms with Crippen molar-refractivity contribution in [3.05, 3.63) is 12.4 Å². The van der Waals surface area contributed by atoms with Crippen molar-refractivity contribution < 1.29 is 0 Å². The van der Waals surface area contributed by atoms with Gasteiger partial charge in [0.15, 0.2) is 0 Å². The van der Waals surface area contributed by atoms with E-state index in [4.69, 9.17) is 0 Å². The monoisotopic (exact) mass is 261 g/mol. The summed E-state index contributed by atoms with van der Waals surface area (Å²) in [6.45, 7) is 4.77. The predicted octanol–water partition coefficient (Wildman–Crippen LogP) is 4.23. The fourth-order valence-corrected chi connectivity index (χ4v) is 4.15. The van der Waals surface area contributed by atoms with Crippen molar-refractivity contribution in [2.45, 2.75) is 70.9 Å². The Kier molecular flexibility index (Phi) is 3.81. The van der Waals surface area contributed by atoms with Crippen molar-refractivity contribution in [2.75, 3.05) is 5.32 Å². The summed E-state index contributed by atoms with van der Waals surface area (Å²) in [6.07, 6.45) is 13.5. The Labute approximate surface area is 116 Å². The molecule has 2 unspecified atom stereocenters. The van der Waals surface area contributed by atoms with Crippen LogP contribution in [0.15, 0.2) is 12.4 Å². The van der Waals surface area contributed by atoms with Crippen LogP contribution in [0, 0.1) is 11.8 Å². The second-order valence-corrected chi connectivity index (χ2v) is 6.86. The number of imidazole rings is 1. The van der Waals surface area contributed by atoms with E-state index in [1.165, 1.54) is 44.9 Å². The van der Waals surface area contributed by atoms with E-state index in [9.17, 15) is 0 Å². The van der Waals surface area contributed by atoms with Crippen LogP contribution in [0.3, 0.4) is 0 Å². The largest absolute Gasteiger partial charge is 0.353 e. The molecule has 0 amide bonds. The van der Waals surface area contributed by atoms with E-state index < -0.39 is 0 Å². The lowest BCUT2D eigenvalue weighted by Gasteiger charge is -2.32. The molecule has 0 saturated heterocycles. The normalized spacial score (nSPS) is 32.6. The number of hydrogen-bond acceptors (Lipinski definition) is 2. The van der Waals surface area contributed by atoms with Gasteiger partial charge in [-0.2, -0.15) is 0 Å². The topological polar surface area (TPSA) is 29.9 Å². The molecule has 2 aliphatic carbocycles. The highest BCUT2D eigenvalue weighted by Gasteiger charge is 2.26. The highest BCUT2D eigenvalue weighted by molar-refractivity contribution is 5.29. The Morgan fingerprint density at radius 3 is 2.47 bits per heavy atom. The summed E-state index contributed by atoms with van der Waals surface area (Å²) in [4.78, 5) is 4.56. The molecule has 2 atom stereocenters. The summed E-state index contributed by atoms with van der Waals surface area (Å²) >= 11 is 0. The van der Waals surface area contributed by atoms with Gasteiger partial charge < -0.3 is 9.88 Å². The first kappa shape index (κ1) is 13.0. The first-order valence-electron chi connectivity index (χ1n) is 8.01. The predicted molar refractivity (Wildman–Crippen MR) is 79.3 cm³/mol. The number of nitrogens with zero attached hydrogens (tertiary/aromatic N) is 2. The maximum Gasteiger partial charge on any atom is 0.203 e. The quantitative estimate of drug-likeness (QED) is 0.882. The lowest BCUT2D eigenvalue weighted by atomic mass is 9.80. The van der Waals surface area contributed by atoms with Crippen LogP contribution < -0.4 is 5.32 Å². The molecular weight excluding hydrogens is 234 g/mol.